The molecule has 0 N–H and O–H groups in total. The maximum Gasteiger partial charge on any atom is 0.0567 e. The Bertz CT molecular complexity index is 618. The van der Waals surface area contributed by atoms with Crippen LogP contribution in [0.3, 0.4) is 0 Å². The van der Waals surface area contributed by atoms with E-state index in [2.05, 4.69) is 0 Å². The quantitative estimate of drug-likeness (QED) is 0.594. The van der Waals surface area contributed by atoms with Crippen molar-refractivity contribution in [2.24, 2.45) is 23.7 Å². The third kappa shape index (κ3) is 1.41. The summed E-state index contributed by atoms with van der Waals surface area (Å²) in [4.78, 5) is 1.04. The Kier molecular flexibility index (Phi) is 2.39. The fraction of sp³-hybridized carbons (Fsp3) is 0.556. The summed E-state index contributed by atoms with van der Waals surface area (Å²) in [5.74, 6) is 3.26. The first-order chi connectivity index (χ1) is 9.83. The summed E-state index contributed by atoms with van der Waals surface area (Å²) in [6.45, 7) is 0. The van der Waals surface area contributed by atoms with Gasteiger partial charge in [0.25, 0.3) is 0 Å². The first-order valence-corrected chi connectivity index (χ1v) is 9.23. The van der Waals surface area contributed by atoms with Gasteiger partial charge in [-0.3, -0.25) is 4.21 Å². The van der Waals surface area contributed by atoms with Crippen molar-refractivity contribution in [3.63, 3.8) is 0 Å². The van der Waals surface area contributed by atoms with Crippen LogP contribution >= 0.6 is 0 Å². The highest BCUT2D eigenvalue weighted by Gasteiger charge is 2.55. The van der Waals surface area contributed by atoms with E-state index in [0.717, 1.165) is 22.6 Å². The Hall–Kier alpha value is -0.890. The highest BCUT2D eigenvalue weighted by atomic mass is 32.2. The maximum atomic E-state index is 12.9. The van der Waals surface area contributed by atoms with Gasteiger partial charge in [0, 0.05) is 10.1 Å². The molecule has 1 aromatic rings. The molecule has 2 fully saturated rings. The lowest BCUT2D eigenvalue weighted by atomic mass is 9.82. The van der Waals surface area contributed by atoms with Crippen molar-refractivity contribution in [1.82, 2.24) is 0 Å². The molecule has 0 heterocycles. The lowest BCUT2D eigenvalue weighted by molar-refractivity contribution is 0.529. The molecule has 0 aromatic heterocycles. The summed E-state index contributed by atoms with van der Waals surface area (Å²) < 4.78 is 12.9. The molecule has 0 amide bonds. The van der Waals surface area contributed by atoms with E-state index in [-0.39, 0.29) is 0 Å². The van der Waals surface area contributed by atoms with Crippen LogP contribution in [0, 0.1) is 23.7 Å². The van der Waals surface area contributed by atoms with Crippen molar-refractivity contribution in [2.75, 3.05) is 0 Å². The van der Waals surface area contributed by atoms with Crippen molar-refractivity contribution in [3.8, 4) is 0 Å². The van der Waals surface area contributed by atoms with E-state index < -0.39 is 10.8 Å². The van der Waals surface area contributed by atoms with Crippen LogP contribution in [0.15, 0.2) is 46.4 Å². The van der Waals surface area contributed by atoms with Gasteiger partial charge in [-0.15, -0.1) is 0 Å². The number of hydrogen-bond donors (Lipinski definition) is 0. The summed E-state index contributed by atoms with van der Waals surface area (Å²) in [5, 5.41) is 0.403. The van der Waals surface area contributed by atoms with E-state index in [1.807, 2.05) is 35.9 Å². The molecule has 104 valence electrons. The molecule has 0 unspecified atom stereocenters. The highest BCUT2D eigenvalue weighted by Crippen LogP contribution is 2.64. The van der Waals surface area contributed by atoms with Gasteiger partial charge >= 0.3 is 0 Å². The van der Waals surface area contributed by atoms with E-state index in [0.29, 0.717) is 11.2 Å². The van der Waals surface area contributed by atoms with Gasteiger partial charge in [0.05, 0.1) is 10.8 Å². The molecule has 6 atom stereocenters. The molecule has 4 aliphatic carbocycles. The Balaban J connectivity index is 1.49. The number of fused-ring (bicyclic) bond motifs is 8. The monoisotopic (exact) mass is 284 g/mol. The molecule has 0 spiro atoms. The number of benzene rings is 1. The van der Waals surface area contributed by atoms with Gasteiger partial charge in [-0.05, 0) is 67.9 Å². The average molecular weight is 284 g/mol. The van der Waals surface area contributed by atoms with Crippen molar-refractivity contribution >= 4 is 10.8 Å². The van der Waals surface area contributed by atoms with Gasteiger partial charge in [0.2, 0.25) is 0 Å². The zero-order chi connectivity index (χ0) is 13.3. The van der Waals surface area contributed by atoms with Gasteiger partial charge in [-0.1, -0.05) is 29.3 Å². The zero-order valence-electron chi connectivity index (χ0n) is 11.6. The Morgan fingerprint density at radius 2 is 1.60 bits per heavy atom. The molecule has 4 aliphatic rings. The van der Waals surface area contributed by atoms with Gasteiger partial charge in [-0.2, -0.15) is 0 Å². The van der Waals surface area contributed by atoms with Crippen molar-refractivity contribution < 1.29 is 4.21 Å². The van der Waals surface area contributed by atoms with Gasteiger partial charge < -0.3 is 0 Å². The molecule has 1 aromatic carbocycles. The maximum absolute atomic E-state index is 12.9. The Morgan fingerprint density at radius 1 is 0.850 bits per heavy atom. The summed E-state index contributed by atoms with van der Waals surface area (Å²) in [5.41, 5.74) is 3.65. The third-order valence-electron chi connectivity index (χ3n) is 6.24. The summed E-state index contributed by atoms with van der Waals surface area (Å²) in [7, 11) is -0.804. The second-order valence-corrected chi connectivity index (χ2v) is 8.71. The molecule has 0 saturated heterocycles. The lowest BCUT2D eigenvalue weighted by Gasteiger charge is -2.29. The van der Waals surface area contributed by atoms with Crippen LogP contribution < -0.4 is 0 Å². The first kappa shape index (κ1) is 11.7. The van der Waals surface area contributed by atoms with Crippen LogP contribution in [0.4, 0.5) is 0 Å². The normalized spacial score (nSPS) is 42.3. The minimum absolute atomic E-state index is 0.403. The largest absolute Gasteiger partial charge is 0.254 e. The molecular weight excluding hydrogens is 264 g/mol. The second kappa shape index (κ2) is 4.07. The number of rotatable bonds is 2. The van der Waals surface area contributed by atoms with Gasteiger partial charge in [0.15, 0.2) is 0 Å². The van der Waals surface area contributed by atoms with Gasteiger partial charge in [0.1, 0.15) is 0 Å². The zero-order valence-corrected chi connectivity index (χ0v) is 12.4. The van der Waals surface area contributed by atoms with Crippen LogP contribution in [0.5, 0.6) is 0 Å². The predicted octanol–water partition coefficient (Wildman–Crippen LogP) is 3.93. The molecule has 2 saturated carbocycles. The second-order valence-electron chi connectivity index (χ2n) is 7.04. The van der Waals surface area contributed by atoms with E-state index in [1.165, 1.54) is 32.1 Å². The number of allylic oxidation sites excluding steroid dienone is 2. The summed E-state index contributed by atoms with van der Waals surface area (Å²) >= 11 is 0. The molecule has 4 bridgehead atoms. The van der Waals surface area contributed by atoms with Crippen LogP contribution in [0.25, 0.3) is 0 Å². The highest BCUT2D eigenvalue weighted by molar-refractivity contribution is 7.85. The average Bonchev–Trinajstić information content (AvgIpc) is 3.24. The molecule has 2 heteroatoms. The third-order valence-corrected chi connectivity index (χ3v) is 8.05. The topological polar surface area (TPSA) is 17.1 Å². The van der Waals surface area contributed by atoms with Crippen LogP contribution in [-0.4, -0.2) is 9.46 Å². The molecule has 5 rings (SSSR count). The van der Waals surface area contributed by atoms with Crippen molar-refractivity contribution in [1.29, 1.82) is 0 Å². The predicted molar refractivity (Wildman–Crippen MR) is 80.7 cm³/mol. The van der Waals surface area contributed by atoms with Crippen molar-refractivity contribution in [3.05, 3.63) is 41.5 Å². The SMILES string of the molecule is O=[S@@](c1ccccc1)[C@@H]1C[C@@H]2C[C@@H]1C1=C2[C@@H]2CC[C@@H]1C2. The Morgan fingerprint density at radius 3 is 2.40 bits per heavy atom. The van der Waals surface area contributed by atoms with Crippen LogP contribution in [0.1, 0.15) is 32.1 Å². The fourth-order valence-corrected chi connectivity index (χ4v) is 7.39. The summed E-state index contributed by atoms with van der Waals surface area (Å²) in [6.07, 6.45) is 6.80. The Labute approximate surface area is 122 Å². The molecule has 20 heavy (non-hydrogen) atoms. The van der Waals surface area contributed by atoms with Crippen LogP contribution in [-0.2, 0) is 10.8 Å². The van der Waals surface area contributed by atoms with Crippen molar-refractivity contribution in [2.45, 2.75) is 42.2 Å². The molecule has 1 nitrogen and oxygen atoms in total. The smallest absolute Gasteiger partial charge is 0.0567 e. The minimum atomic E-state index is -0.804. The fourth-order valence-electron chi connectivity index (χ4n) is 5.65. The van der Waals surface area contributed by atoms with E-state index in [9.17, 15) is 4.21 Å². The first-order valence-electron chi connectivity index (χ1n) is 8.02. The molecule has 0 radical (unpaired) electrons. The van der Waals surface area contributed by atoms with Crippen LogP contribution in [0.2, 0.25) is 0 Å². The van der Waals surface area contributed by atoms with Gasteiger partial charge in [-0.25, -0.2) is 0 Å². The molecule has 0 aliphatic heterocycles. The molecular formula is C18H20OS. The lowest BCUT2D eigenvalue weighted by Crippen LogP contribution is -2.27. The van der Waals surface area contributed by atoms with E-state index in [4.69, 9.17) is 0 Å². The van der Waals surface area contributed by atoms with E-state index in [1.54, 1.807) is 5.57 Å². The summed E-state index contributed by atoms with van der Waals surface area (Å²) in [6, 6.07) is 10.1. The minimum Gasteiger partial charge on any atom is -0.254 e. The standard InChI is InChI=1S/C18H20OS/c19-20(14-4-2-1-3-5-14)16-10-13-9-15(16)18-12-7-6-11(8-12)17(13)18/h1-5,11-13,15-16H,6-10H2/t11-,12-,13+,15+,16-,20+/m1/s1. The van der Waals surface area contributed by atoms with E-state index >= 15 is 0 Å². The number of hydrogen-bond acceptors (Lipinski definition) is 1.